The topological polar surface area (TPSA) is 85.5 Å². The Kier molecular flexibility index (Phi) is 5.00. The van der Waals surface area contributed by atoms with Crippen molar-refractivity contribution in [2.24, 2.45) is 5.92 Å². The fourth-order valence-electron chi connectivity index (χ4n) is 2.71. The minimum atomic E-state index is -0.217. The number of nitrogens with zero attached hydrogens (tertiary/aromatic N) is 1. The molecule has 0 saturated carbocycles. The monoisotopic (exact) mass is 331 g/mol. The standard InChI is InChI=1S/C17H21N3O4/c1-22-10-14-7-13(19-20-14)8-18-17(21)12-5-11-6-15(23-2)3-4-16(11)24-9-12/h3-4,6-7,12H,5,8-10H2,1-2H3,(H,18,21)(H,19,20)/t12-/m0/s1. The maximum absolute atomic E-state index is 12.4. The summed E-state index contributed by atoms with van der Waals surface area (Å²) >= 11 is 0. The highest BCUT2D eigenvalue weighted by Crippen LogP contribution is 2.30. The van der Waals surface area contributed by atoms with Gasteiger partial charge in [0.05, 0.1) is 37.6 Å². The van der Waals surface area contributed by atoms with E-state index in [1.165, 1.54) is 0 Å². The maximum Gasteiger partial charge on any atom is 0.227 e. The third kappa shape index (κ3) is 3.68. The van der Waals surface area contributed by atoms with Crippen molar-refractivity contribution in [2.75, 3.05) is 20.8 Å². The zero-order valence-electron chi connectivity index (χ0n) is 13.8. The number of aromatic nitrogens is 2. The van der Waals surface area contributed by atoms with E-state index in [1.807, 2.05) is 24.3 Å². The Balaban J connectivity index is 1.57. The van der Waals surface area contributed by atoms with Crippen LogP contribution in [0.25, 0.3) is 0 Å². The summed E-state index contributed by atoms with van der Waals surface area (Å²) in [5.74, 6) is 1.33. The number of rotatable bonds is 6. The molecular weight excluding hydrogens is 310 g/mol. The van der Waals surface area contributed by atoms with Crippen molar-refractivity contribution >= 4 is 5.91 Å². The molecule has 0 aliphatic carbocycles. The molecule has 0 bridgehead atoms. The van der Waals surface area contributed by atoms with E-state index in [0.29, 0.717) is 26.2 Å². The predicted molar refractivity (Wildman–Crippen MR) is 86.8 cm³/mol. The molecule has 128 valence electrons. The molecule has 1 aromatic carbocycles. The van der Waals surface area contributed by atoms with Crippen molar-refractivity contribution in [1.29, 1.82) is 0 Å². The average molecular weight is 331 g/mol. The molecule has 1 aliphatic heterocycles. The Morgan fingerprint density at radius 1 is 1.42 bits per heavy atom. The van der Waals surface area contributed by atoms with Gasteiger partial charge in [0.25, 0.3) is 0 Å². The summed E-state index contributed by atoms with van der Waals surface area (Å²) < 4.78 is 15.9. The molecule has 0 fully saturated rings. The molecule has 1 amide bonds. The third-order valence-electron chi connectivity index (χ3n) is 3.97. The van der Waals surface area contributed by atoms with Gasteiger partial charge in [-0.05, 0) is 36.2 Å². The maximum atomic E-state index is 12.4. The van der Waals surface area contributed by atoms with Gasteiger partial charge in [-0.3, -0.25) is 9.89 Å². The molecule has 7 nitrogen and oxygen atoms in total. The lowest BCUT2D eigenvalue weighted by atomic mass is 9.96. The third-order valence-corrected chi connectivity index (χ3v) is 3.97. The lowest BCUT2D eigenvalue weighted by molar-refractivity contribution is -0.126. The van der Waals surface area contributed by atoms with Crippen LogP contribution in [0.1, 0.15) is 17.0 Å². The molecule has 2 heterocycles. The van der Waals surface area contributed by atoms with Crippen LogP contribution < -0.4 is 14.8 Å². The van der Waals surface area contributed by atoms with Crippen LogP contribution in [0.2, 0.25) is 0 Å². The first-order chi connectivity index (χ1) is 11.7. The molecule has 2 N–H and O–H groups in total. The fourth-order valence-corrected chi connectivity index (χ4v) is 2.71. The summed E-state index contributed by atoms with van der Waals surface area (Å²) in [5, 5.41) is 9.91. The summed E-state index contributed by atoms with van der Waals surface area (Å²) in [4.78, 5) is 12.4. The number of carbonyl (C=O) groups is 1. The predicted octanol–water partition coefficient (Wildman–Crippen LogP) is 1.43. The van der Waals surface area contributed by atoms with Gasteiger partial charge in [-0.2, -0.15) is 5.10 Å². The molecule has 24 heavy (non-hydrogen) atoms. The van der Waals surface area contributed by atoms with Gasteiger partial charge in [-0.15, -0.1) is 0 Å². The van der Waals surface area contributed by atoms with E-state index in [1.54, 1.807) is 14.2 Å². The molecule has 1 aromatic heterocycles. The van der Waals surface area contributed by atoms with E-state index in [9.17, 15) is 4.79 Å². The van der Waals surface area contributed by atoms with Crippen LogP contribution in [-0.4, -0.2) is 36.9 Å². The lowest BCUT2D eigenvalue weighted by Crippen LogP contribution is -2.37. The Hall–Kier alpha value is -2.54. The Labute approximate surface area is 140 Å². The van der Waals surface area contributed by atoms with Crippen molar-refractivity contribution in [3.8, 4) is 11.5 Å². The van der Waals surface area contributed by atoms with Crippen molar-refractivity contribution in [3.63, 3.8) is 0 Å². The minimum Gasteiger partial charge on any atom is -0.497 e. The second-order valence-corrected chi connectivity index (χ2v) is 5.72. The quantitative estimate of drug-likeness (QED) is 0.836. The summed E-state index contributed by atoms with van der Waals surface area (Å²) in [6, 6.07) is 7.53. The van der Waals surface area contributed by atoms with Gasteiger partial charge in [-0.25, -0.2) is 0 Å². The highest BCUT2D eigenvalue weighted by Gasteiger charge is 2.26. The largest absolute Gasteiger partial charge is 0.497 e. The zero-order chi connectivity index (χ0) is 16.9. The van der Waals surface area contributed by atoms with Crippen LogP contribution in [0.15, 0.2) is 24.3 Å². The number of amides is 1. The average Bonchev–Trinajstić information content (AvgIpc) is 3.06. The molecule has 1 aliphatic rings. The Bertz CT molecular complexity index is 714. The van der Waals surface area contributed by atoms with Gasteiger partial charge in [0, 0.05) is 7.11 Å². The Morgan fingerprint density at radius 2 is 2.29 bits per heavy atom. The molecule has 2 aromatic rings. The highest BCUT2D eigenvalue weighted by atomic mass is 16.5. The van der Waals surface area contributed by atoms with Gasteiger partial charge in [-0.1, -0.05) is 0 Å². The van der Waals surface area contributed by atoms with Crippen LogP contribution in [0.5, 0.6) is 11.5 Å². The van der Waals surface area contributed by atoms with Crippen LogP contribution in [0.4, 0.5) is 0 Å². The number of ether oxygens (including phenoxy) is 3. The molecule has 1 atom stereocenters. The van der Waals surface area contributed by atoms with Crippen molar-refractivity contribution < 1.29 is 19.0 Å². The van der Waals surface area contributed by atoms with E-state index in [-0.39, 0.29) is 11.8 Å². The molecule has 0 saturated heterocycles. The van der Waals surface area contributed by atoms with Gasteiger partial charge in [0.1, 0.15) is 18.1 Å². The second kappa shape index (κ2) is 7.35. The van der Waals surface area contributed by atoms with Crippen molar-refractivity contribution in [3.05, 3.63) is 41.2 Å². The molecular formula is C17H21N3O4. The van der Waals surface area contributed by atoms with Crippen LogP contribution in [0.3, 0.4) is 0 Å². The lowest BCUT2D eigenvalue weighted by Gasteiger charge is -2.24. The molecule has 0 spiro atoms. The van der Waals surface area contributed by atoms with E-state index in [2.05, 4.69) is 15.5 Å². The van der Waals surface area contributed by atoms with E-state index >= 15 is 0 Å². The van der Waals surface area contributed by atoms with Gasteiger partial charge < -0.3 is 19.5 Å². The highest BCUT2D eigenvalue weighted by molar-refractivity contribution is 5.79. The molecule has 7 heteroatoms. The van der Waals surface area contributed by atoms with E-state index in [0.717, 1.165) is 28.5 Å². The smallest absolute Gasteiger partial charge is 0.227 e. The van der Waals surface area contributed by atoms with Crippen molar-refractivity contribution in [2.45, 2.75) is 19.6 Å². The Morgan fingerprint density at radius 3 is 3.08 bits per heavy atom. The minimum absolute atomic E-state index is 0.0358. The molecule has 0 radical (unpaired) electrons. The number of fused-ring (bicyclic) bond motifs is 1. The van der Waals surface area contributed by atoms with Gasteiger partial charge >= 0.3 is 0 Å². The number of benzene rings is 1. The number of methoxy groups -OCH3 is 2. The number of nitrogens with one attached hydrogen (secondary N) is 2. The van der Waals surface area contributed by atoms with E-state index in [4.69, 9.17) is 14.2 Å². The molecule has 3 rings (SSSR count). The first-order valence-corrected chi connectivity index (χ1v) is 7.79. The van der Waals surface area contributed by atoms with E-state index < -0.39 is 0 Å². The number of hydrogen-bond donors (Lipinski definition) is 2. The number of carbonyl (C=O) groups excluding carboxylic acids is 1. The van der Waals surface area contributed by atoms with Crippen molar-refractivity contribution in [1.82, 2.24) is 15.5 Å². The zero-order valence-corrected chi connectivity index (χ0v) is 13.8. The van der Waals surface area contributed by atoms with Crippen LogP contribution in [0, 0.1) is 5.92 Å². The van der Waals surface area contributed by atoms with Crippen LogP contribution >= 0.6 is 0 Å². The number of aromatic amines is 1. The summed E-state index contributed by atoms with van der Waals surface area (Å²) in [5.41, 5.74) is 2.64. The summed E-state index contributed by atoms with van der Waals surface area (Å²) in [6.07, 6.45) is 0.635. The first-order valence-electron chi connectivity index (χ1n) is 7.79. The second-order valence-electron chi connectivity index (χ2n) is 5.72. The number of H-pyrrole nitrogens is 1. The summed E-state index contributed by atoms with van der Waals surface area (Å²) in [6.45, 7) is 1.22. The van der Waals surface area contributed by atoms with Gasteiger partial charge in [0.2, 0.25) is 5.91 Å². The SMILES string of the molecule is COCc1cc(CNC(=O)[C@@H]2COc3ccc(OC)cc3C2)[nH]n1. The molecule has 0 unspecified atom stereocenters. The first kappa shape index (κ1) is 16.3. The fraction of sp³-hybridized carbons (Fsp3) is 0.412. The normalized spacial score (nSPS) is 16.2. The van der Waals surface area contributed by atoms with Crippen LogP contribution in [-0.2, 0) is 29.1 Å². The summed E-state index contributed by atoms with van der Waals surface area (Å²) in [7, 11) is 3.24. The number of hydrogen-bond acceptors (Lipinski definition) is 5. The van der Waals surface area contributed by atoms with Gasteiger partial charge in [0.15, 0.2) is 0 Å².